The number of halogens is 1. The highest BCUT2D eigenvalue weighted by molar-refractivity contribution is 5.54. The molecule has 2 atom stereocenters. The molecule has 0 bridgehead atoms. The third-order valence-electron chi connectivity index (χ3n) is 3.82. The molecule has 1 aliphatic heterocycles. The molecule has 0 radical (unpaired) electrons. The van der Waals surface area contributed by atoms with Crippen molar-refractivity contribution in [3.05, 3.63) is 54.9 Å². The number of β-amino-alcohol motifs (C(OH)–C–C–N with tert-alkyl or cyclic N) is 1. The van der Waals surface area contributed by atoms with Gasteiger partial charge in [0, 0.05) is 36.5 Å². The molecule has 2 unspecified atom stereocenters. The van der Waals surface area contributed by atoms with E-state index in [1.54, 1.807) is 0 Å². The van der Waals surface area contributed by atoms with Crippen LogP contribution in [0.2, 0.25) is 0 Å². The average molecular weight is 306 g/mol. The van der Waals surface area contributed by atoms with Gasteiger partial charge in [0.15, 0.2) is 18.9 Å². The van der Waals surface area contributed by atoms with E-state index in [-0.39, 0.29) is 18.5 Å². The molecule has 0 amide bonds. The Morgan fingerprint density at radius 3 is 2.48 bits per heavy atom. The second-order valence-electron chi connectivity index (χ2n) is 5.36. The Labute approximate surface area is 131 Å². The van der Waals surface area contributed by atoms with Crippen LogP contribution in [0.1, 0.15) is 6.42 Å². The van der Waals surface area contributed by atoms with Gasteiger partial charge in [-0.25, -0.2) is 4.57 Å². The van der Waals surface area contributed by atoms with Gasteiger partial charge >= 0.3 is 0 Å². The van der Waals surface area contributed by atoms with Crippen LogP contribution in [0.5, 0.6) is 0 Å². The Bertz CT molecular complexity index is 561. The summed E-state index contributed by atoms with van der Waals surface area (Å²) in [7, 11) is 0. The van der Waals surface area contributed by atoms with E-state index in [2.05, 4.69) is 21.9 Å². The van der Waals surface area contributed by atoms with Gasteiger partial charge < -0.3 is 28.1 Å². The minimum Gasteiger partial charge on any atom is -1.00 e. The topological polar surface area (TPSA) is 53.4 Å². The lowest BCUT2D eigenvalue weighted by atomic mass is 10.2. The van der Waals surface area contributed by atoms with Gasteiger partial charge in [-0.15, -0.1) is 0 Å². The molecule has 4 nitrogen and oxygen atoms in total. The molecular formula is C16H20ClN3O. The van der Waals surface area contributed by atoms with Crippen molar-refractivity contribution >= 4 is 11.4 Å². The zero-order valence-corrected chi connectivity index (χ0v) is 12.5. The Morgan fingerprint density at radius 2 is 1.81 bits per heavy atom. The first-order valence-electron chi connectivity index (χ1n) is 6.97. The summed E-state index contributed by atoms with van der Waals surface area (Å²) in [4.78, 5) is 2.27. The average Bonchev–Trinajstić information content (AvgIpc) is 2.81. The third-order valence-corrected chi connectivity index (χ3v) is 3.82. The van der Waals surface area contributed by atoms with Crippen LogP contribution in [0.3, 0.4) is 0 Å². The lowest BCUT2D eigenvalue weighted by Gasteiger charge is -2.24. The highest BCUT2D eigenvalue weighted by atomic mass is 35.5. The SMILES string of the molecule is Nc1ccc(N2CC(O)CC2C[n+]2ccccc2)cc1.[Cl-]. The largest absolute Gasteiger partial charge is 1.00 e. The summed E-state index contributed by atoms with van der Waals surface area (Å²) < 4.78 is 2.16. The van der Waals surface area contributed by atoms with Crippen LogP contribution in [0.25, 0.3) is 0 Å². The van der Waals surface area contributed by atoms with Crippen LogP contribution >= 0.6 is 0 Å². The van der Waals surface area contributed by atoms with Crippen LogP contribution < -0.4 is 27.6 Å². The number of anilines is 2. The third kappa shape index (κ3) is 3.65. The molecule has 21 heavy (non-hydrogen) atoms. The van der Waals surface area contributed by atoms with Gasteiger partial charge in [-0.05, 0) is 24.3 Å². The van der Waals surface area contributed by atoms with Gasteiger partial charge in [-0.3, -0.25) is 0 Å². The molecule has 0 spiro atoms. The minimum atomic E-state index is -0.262. The van der Waals surface area contributed by atoms with Gasteiger partial charge in [0.05, 0.1) is 12.1 Å². The standard InChI is InChI=1S/C16H20N3O.ClH/c17-13-4-6-14(7-5-13)19-12-16(20)10-15(19)11-18-8-2-1-3-9-18;/h1-9,15-16,20H,10-12,17H2;1H/q+1;/p-1. The van der Waals surface area contributed by atoms with E-state index < -0.39 is 0 Å². The second-order valence-corrected chi connectivity index (χ2v) is 5.36. The molecule has 3 N–H and O–H groups in total. The van der Waals surface area contributed by atoms with E-state index in [1.807, 2.05) is 42.5 Å². The fourth-order valence-electron chi connectivity index (χ4n) is 2.85. The Balaban J connectivity index is 0.00000161. The maximum atomic E-state index is 9.99. The smallest absolute Gasteiger partial charge is 0.168 e. The predicted octanol–water partition coefficient (Wildman–Crippen LogP) is -1.80. The number of rotatable bonds is 3. The molecular weight excluding hydrogens is 286 g/mol. The zero-order valence-electron chi connectivity index (χ0n) is 11.8. The van der Waals surface area contributed by atoms with Gasteiger partial charge in [0.25, 0.3) is 0 Å². The van der Waals surface area contributed by atoms with E-state index in [0.717, 1.165) is 24.3 Å². The summed E-state index contributed by atoms with van der Waals surface area (Å²) >= 11 is 0. The number of nitrogens with zero attached hydrogens (tertiary/aromatic N) is 2. The van der Waals surface area contributed by atoms with E-state index in [9.17, 15) is 5.11 Å². The van der Waals surface area contributed by atoms with E-state index >= 15 is 0 Å². The van der Waals surface area contributed by atoms with Crippen molar-refractivity contribution in [2.24, 2.45) is 0 Å². The summed E-state index contributed by atoms with van der Waals surface area (Å²) in [5.41, 5.74) is 7.63. The fraction of sp³-hybridized carbons (Fsp3) is 0.312. The summed E-state index contributed by atoms with van der Waals surface area (Å²) in [6.07, 6.45) is 4.66. The number of nitrogens with two attached hydrogens (primary N) is 1. The van der Waals surface area contributed by atoms with Crippen molar-refractivity contribution in [2.75, 3.05) is 17.2 Å². The van der Waals surface area contributed by atoms with Gasteiger partial charge in [-0.2, -0.15) is 0 Å². The molecule has 3 rings (SSSR count). The molecule has 2 heterocycles. The van der Waals surface area contributed by atoms with Crippen LogP contribution in [0.15, 0.2) is 54.9 Å². The van der Waals surface area contributed by atoms with Gasteiger partial charge in [0.1, 0.15) is 0 Å². The molecule has 1 fully saturated rings. The molecule has 0 aliphatic carbocycles. The molecule has 5 heteroatoms. The predicted molar refractivity (Wildman–Crippen MR) is 79.2 cm³/mol. The molecule has 112 valence electrons. The van der Waals surface area contributed by atoms with Crippen molar-refractivity contribution in [3.63, 3.8) is 0 Å². The van der Waals surface area contributed by atoms with Crippen LogP contribution in [0, 0.1) is 0 Å². The lowest BCUT2D eigenvalue weighted by Crippen LogP contribution is -3.00. The summed E-state index contributed by atoms with van der Waals surface area (Å²) in [6.45, 7) is 1.56. The monoisotopic (exact) mass is 305 g/mol. The number of hydrogen-bond donors (Lipinski definition) is 2. The Morgan fingerprint density at radius 1 is 1.14 bits per heavy atom. The van der Waals surface area contributed by atoms with Crippen molar-refractivity contribution in [1.82, 2.24) is 0 Å². The number of aliphatic hydroxyl groups excluding tert-OH is 1. The van der Waals surface area contributed by atoms with Crippen molar-refractivity contribution in [2.45, 2.75) is 25.1 Å². The van der Waals surface area contributed by atoms with Crippen molar-refractivity contribution in [3.8, 4) is 0 Å². The number of aliphatic hydroxyl groups is 1. The number of pyridine rings is 1. The minimum absolute atomic E-state index is 0. The maximum absolute atomic E-state index is 9.99. The molecule has 1 saturated heterocycles. The first-order valence-corrected chi connectivity index (χ1v) is 6.97. The van der Waals surface area contributed by atoms with E-state index in [1.165, 1.54) is 0 Å². The Kier molecular flexibility index (Phi) is 5.04. The first-order chi connectivity index (χ1) is 9.72. The normalized spacial score (nSPS) is 21.1. The number of aromatic nitrogens is 1. The molecule has 1 aliphatic rings. The fourth-order valence-corrected chi connectivity index (χ4v) is 2.85. The van der Waals surface area contributed by atoms with Crippen LogP contribution in [-0.2, 0) is 6.54 Å². The zero-order chi connectivity index (χ0) is 13.9. The quantitative estimate of drug-likeness (QED) is 0.520. The molecule has 0 saturated carbocycles. The van der Waals surface area contributed by atoms with Crippen LogP contribution in [0.4, 0.5) is 11.4 Å². The van der Waals surface area contributed by atoms with Crippen molar-refractivity contribution in [1.29, 1.82) is 0 Å². The summed E-state index contributed by atoms with van der Waals surface area (Å²) in [5.74, 6) is 0. The first kappa shape index (κ1) is 15.6. The molecule has 2 aromatic rings. The van der Waals surface area contributed by atoms with Gasteiger partial charge in [-0.1, -0.05) is 6.07 Å². The lowest BCUT2D eigenvalue weighted by molar-refractivity contribution is -0.698. The summed E-state index contributed by atoms with van der Waals surface area (Å²) in [6, 6.07) is 14.2. The summed E-state index contributed by atoms with van der Waals surface area (Å²) in [5, 5.41) is 9.99. The van der Waals surface area contributed by atoms with Crippen molar-refractivity contribution < 1.29 is 22.1 Å². The van der Waals surface area contributed by atoms with E-state index in [4.69, 9.17) is 5.73 Å². The highest BCUT2D eigenvalue weighted by Crippen LogP contribution is 2.26. The Hall–Kier alpha value is -1.78. The molecule has 1 aromatic heterocycles. The second kappa shape index (κ2) is 6.78. The van der Waals surface area contributed by atoms with Crippen LogP contribution in [-0.4, -0.2) is 23.8 Å². The molecule has 1 aromatic carbocycles. The van der Waals surface area contributed by atoms with Gasteiger partial charge in [0.2, 0.25) is 0 Å². The maximum Gasteiger partial charge on any atom is 0.168 e. The number of benzene rings is 1. The van der Waals surface area contributed by atoms with E-state index in [0.29, 0.717) is 12.6 Å². The number of nitrogen functional groups attached to an aromatic ring is 1. The number of hydrogen-bond acceptors (Lipinski definition) is 3. The highest BCUT2D eigenvalue weighted by Gasteiger charge is 2.33.